The number of hydrogen-bond acceptors (Lipinski definition) is 3. The molecule has 1 unspecified atom stereocenters. The van der Waals surface area contributed by atoms with Crippen LogP contribution in [-0.4, -0.2) is 11.9 Å². The number of fused-ring (bicyclic) bond motifs is 1. The van der Waals surface area contributed by atoms with Crippen molar-refractivity contribution in [3.05, 3.63) is 65.7 Å². The molecule has 0 aliphatic carbocycles. The molecule has 4 heteroatoms. The van der Waals surface area contributed by atoms with Gasteiger partial charge in [0.2, 0.25) is 5.91 Å². The van der Waals surface area contributed by atoms with Crippen LogP contribution in [0.25, 0.3) is 0 Å². The molecule has 3 rings (SSSR count). The van der Waals surface area contributed by atoms with Crippen molar-refractivity contribution < 1.29 is 9.63 Å². The summed E-state index contributed by atoms with van der Waals surface area (Å²) in [4.78, 5) is 17.6. The first-order valence-corrected chi connectivity index (χ1v) is 7.13. The second-order valence-electron chi connectivity index (χ2n) is 5.13. The largest absolute Gasteiger partial charge is 0.324 e. The Kier molecular flexibility index (Phi) is 4.28. The van der Waals surface area contributed by atoms with Gasteiger partial charge >= 0.3 is 0 Å². The summed E-state index contributed by atoms with van der Waals surface area (Å²) < 4.78 is 0. The smallest absolute Gasteiger partial charge is 0.243 e. The molecule has 0 fully saturated rings. The van der Waals surface area contributed by atoms with E-state index in [9.17, 15) is 4.79 Å². The Bertz CT molecular complexity index is 613. The van der Waals surface area contributed by atoms with Crippen molar-refractivity contribution in [2.75, 3.05) is 5.32 Å². The summed E-state index contributed by atoms with van der Waals surface area (Å²) >= 11 is 0. The third-order valence-electron chi connectivity index (χ3n) is 3.60. The van der Waals surface area contributed by atoms with Crippen LogP contribution in [0.2, 0.25) is 0 Å². The van der Waals surface area contributed by atoms with Crippen molar-refractivity contribution in [1.82, 2.24) is 5.48 Å². The van der Waals surface area contributed by atoms with Gasteiger partial charge in [0.05, 0.1) is 6.61 Å². The lowest BCUT2D eigenvalue weighted by Crippen LogP contribution is -2.39. The van der Waals surface area contributed by atoms with E-state index in [1.165, 1.54) is 5.56 Å². The first kappa shape index (κ1) is 13.8. The fourth-order valence-electron chi connectivity index (χ4n) is 2.42. The van der Waals surface area contributed by atoms with Gasteiger partial charge in [-0.1, -0.05) is 48.5 Å². The average Bonchev–Trinajstić information content (AvgIpc) is 2.68. The zero-order valence-corrected chi connectivity index (χ0v) is 11.7. The minimum atomic E-state index is -0.332. The molecule has 1 atom stereocenters. The van der Waals surface area contributed by atoms with Crippen molar-refractivity contribution in [1.29, 1.82) is 0 Å². The highest BCUT2D eigenvalue weighted by Crippen LogP contribution is 2.21. The number of hydrogen-bond donors (Lipinski definition) is 2. The fourth-order valence-corrected chi connectivity index (χ4v) is 2.42. The number of nitrogens with one attached hydrogen (secondary N) is 2. The number of anilines is 1. The van der Waals surface area contributed by atoms with Gasteiger partial charge in [0.15, 0.2) is 0 Å². The highest BCUT2D eigenvalue weighted by molar-refractivity contribution is 5.96. The molecule has 0 aromatic heterocycles. The van der Waals surface area contributed by atoms with Crippen LogP contribution in [0.4, 0.5) is 5.69 Å². The van der Waals surface area contributed by atoms with Crippen molar-refractivity contribution in [3.8, 4) is 0 Å². The third kappa shape index (κ3) is 3.48. The molecule has 0 bridgehead atoms. The van der Waals surface area contributed by atoms with Crippen LogP contribution < -0.4 is 10.8 Å². The molecule has 0 saturated carbocycles. The first-order valence-electron chi connectivity index (χ1n) is 7.13. The molecular weight excluding hydrogens is 264 g/mol. The van der Waals surface area contributed by atoms with Crippen LogP contribution in [0.1, 0.15) is 17.5 Å². The zero-order chi connectivity index (χ0) is 14.5. The number of carbonyl (C=O) groups is 1. The van der Waals surface area contributed by atoms with E-state index in [-0.39, 0.29) is 11.9 Å². The van der Waals surface area contributed by atoms with E-state index in [0.717, 1.165) is 24.1 Å². The van der Waals surface area contributed by atoms with Crippen molar-refractivity contribution in [2.45, 2.75) is 25.5 Å². The molecule has 2 aromatic rings. The Morgan fingerprint density at radius 2 is 1.86 bits per heavy atom. The number of benzene rings is 2. The Labute approximate surface area is 124 Å². The summed E-state index contributed by atoms with van der Waals surface area (Å²) in [5.41, 5.74) is 6.02. The van der Waals surface area contributed by atoms with E-state index in [1.54, 1.807) is 0 Å². The Morgan fingerprint density at radius 1 is 1.10 bits per heavy atom. The molecule has 108 valence electrons. The summed E-state index contributed by atoms with van der Waals surface area (Å²) in [6.07, 6.45) is 1.57. The molecule has 0 saturated heterocycles. The van der Waals surface area contributed by atoms with Gasteiger partial charge in [0, 0.05) is 5.69 Å². The topological polar surface area (TPSA) is 50.4 Å². The van der Waals surface area contributed by atoms with Gasteiger partial charge in [-0.3, -0.25) is 9.63 Å². The number of hydroxylamine groups is 1. The Balaban J connectivity index is 1.56. The molecule has 1 aliphatic rings. The summed E-state index contributed by atoms with van der Waals surface area (Å²) in [5, 5.41) is 2.94. The van der Waals surface area contributed by atoms with Crippen LogP contribution in [-0.2, 0) is 22.7 Å². The number of aryl methyl sites for hydroxylation is 1. The molecule has 2 N–H and O–H groups in total. The SMILES string of the molecule is O=C1Nc2ccccc2CCC1NOCc1ccccc1. The third-order valence-corrected chi connectivity index (χ3v) is 3.60. The molecule has 1 amide bonds. The lowest BCUT2D eigenvalue weighted by atomic mass is 10.1. The number of rotatable bonds is 4. The summed E-state index contributed by atoms with van der Waals surface area (Å²) in [5.74, 6) is -0.0481. The van der Waals surface area contributed by atoms with Crippen molar-refractivity contribution in [2.24, 2.45) is 0 Å². The van der Waals surface area contributed by atoms with E-state index in [1.807, 2.05) is 54.6 Å². The average molecular weight is 282 g/mol. The molecule has 0 spiro atoms. The molecule has 2 aromatic carbocycles. The maximum atomic E-state index is 12.2. The van der Waals surface area contributed by atoms with Gasteiger partial charge in [-0.25, -0.2) is 0 Å². The monoisotopic (exact) mass is 282 g/mol. The molecule has 0 radical (unpaired) electrons. The second-order valence-corrected chi connectivity index (χ2v) is 5.13. The van der Waals surface area contributed by atoms with Gasteiger partial charge in [-0.2, -0.15) is 5.48 Å². The van der Waals surface area contributed by atoms with Gasteiger partial charge in [0.25, 0.3) is 0 Å². The lowest BCUT2D eigenvalue weighted by Gasteiger charge is -2.15. The van der Waals surface area contributed by atoms with Crippen LogP contribution in [0, 0.1) is 0 Å². The minimum Gasteiger partial charge on any atom is -0.324 e. The van der Waals surface area contributed by atoms with Crippen molar-refractivity contribution >= 4 is 11.6 Å². The molecule has 4 nitrogen and oxygen atoms in total. The Morgan fingerprint density at radius 3 is 2.71 bits per heavy atom. The predicted molar refractivity (Wildman–Crippen MR) is 81.5 cm³/mol. The van der Waals surface area contributed by atoms with E-state index in [0.29, 0.717) is 6.61 Å². The molecule has 21 heavy (non-hydrogen) atoms. The van der Waals surface area contributed by atoms with E-state index in [2.05, 4.69) is 10.8 Å². The van der Waals surface area contributed by atoms with E-state index in [4.69, 9.17) is 4.84 Å². The fraction of sp³-hybridized carbons (Fsp3) is 0.235. The quantitative estimate of drug-likeness (QED) is 0.848. The van der Waals surface area contributed by atoms with Crippen LogP contribution in [0.3, 0.4) is 0 Å². The highest BCUT2D eigenvalue weighted by Gasteiger charge is 2.23. The van der Waals surface area contributed by atoms with Gasteiger partial charge in [0.1, 0.15) is 6.04 Å². The summed E-state index contributed by atoms with van der Waals surface area (Å²) in [6, 6.07) is 17.4. The maximum absolute atomic E-state index is 12.2. The standard InChI is InChI=1S/C17H18N2O2/c20-17-16(19-21-12-13-6-2-1-3-7-13)11-10-14-8-4-5-9-15(14)18-17/h1-9,16,19H,10-12H2,(H,18,20). The first-order chi connectivity index (χ1) is 10.3. The summed E-state index contributed by atoms with van der Waals surface area (Å²) in [7, 11) is 0. The predicted octanol–water partition coefficient (Wildman–Crippen LogP) is 2.66. The molecule has 1 heterocycles. The number of amides is 1. The van der Waals surface area contributed by atoms with Gasteiger partial charge < -0.3 is 5.32 Å². The van der Waals surface area contributed by atoms with E-state index >= 15 is 0 Å². The Hall–Kier alpha value is -2.17. The van der Waals surface area contributed by atoms with Gasteiger partial charge in [-0.05, 0) is 30.0 Å². The summed E-state index contributed by atoms with van der Waals surface area (Å²) in [6.45, 7) is 0.442. The number of carbonyl (C=O) groups excluding carboxylic acids is 1. The molecular formula is C17H18N2O2. The second kappa shape index (κ2) is 6.52. The van der Waals surface area contributed by atoms with Crippen molar-refractivity contribution in [3.63, 3.8) is 0 Å². The van der Waals surface area contributed by atoms with E-state index < -0.39 is 0 Å². The number of para-hydroxylation sites is 1. The maximum Gasteiger partial charge on any atom is 0.243 e. The lowest BCUT2D eigenvalue weighted by molar-refractivity contribution is -0.123. The highest BCUT2D eigenvalue weighted by atomic mass is 16.6. The molecule has 1 aliphatic heterocycles. The van der Waals surface area contributed by atoms with Gasteiger partial charge in [-0.15, -0.1) is 0 Å². The van der Waals surface area contributed by atoms with Crippen LogP contribution in [0.15, 0.2) is 54.6 Å². The zero-order valence-electron chi connectivity index (χ0n) is 11.7. The van der Waals surface area contributed by atoms with Crippen LogP contribution in [0.5, 0.6) is 0 Å². The minimum absolute atomic E-state index is 0.0481. The normalized spacial score (nSPS) is 17.7. The van der Waals surface area contributed by atoms with Crippen LogP contribution >= 0.6 is 0 Å².